The van der Waals surface area contributed by atoms with Gasteiger partial charge in [-0.15, -0.1) is 0 Å². The Morgan fingerprint density at radius 2 is 1.79 bits per heavy atom. The van der Waals surface area contributed by atoms with Gasteiger partial charge in [0.1, 0.15) is 11.6 Å². The molecule has 1 amide bonds. The lowest BCUT2D eigenvalue weighted by Gasteiger charge is -2.34. The van der Waals surface area contributed by atoms with E-state index >= 15 is 0 Å². The van der Waals surface area contributed by atoms with E-state index in [1.54, 1.807) is 4.90 Å². The van der Waals surface area contributed by atoms with Crippen molar-refractivity contribution in [3.63, 3.8) is 0 Å². The molecular weight excluding hydrogens is 395 g/mol. The summed E-state index contributed by atoms with van der Waals surface area (Å²) in [6, 6.07) is 12.6. The second-order valence-electron chi connectivity index (χ2n) is 6.78. The van der Waals surface area contributed by atoms with Crippen LogP contribution < -0.4 is 4.74 Å². The van der Waals surface area contributed by atoms with Crippen molar-refractivity contribution in [2.75, 3.05) is 32.8 Å². The first-order valence-electron chi connectivity index (χ1n) is 9.66. The van der Waals surface area contributed by atoms with Gasteiger partial charge in [-0.05, 0) is 43.2 Å². The number of ether oxygens (including phenoxy) is 1. The summed E-state index contributed by atoms with van der Waals surface area (Å²) in [6.45, 7) is 3.51. The monoisotopic (exact) mass is 420 g/mol. The lowest BCUT2D eigenvalue weighted by molar-refractivity contribution is -0.132. The van der Waals surface area contributed by atoms with Gasteiger partial charge in [0, 0.05) is 32.6 Å². The van der Waals surface area contributed by atoms with E-state index < -0.39 is 15.8 Å². The van der Waals surface area contributed by atoms with Gasteiger partial charge >= 0.3 is 0 Å². The lowest BCUT2D eigenvalue weighted by atomic mass is 10.1. The molecule has 0 atom stereocenters. The van der Waals surface area contributed by atoms with Crippen LogP contribution in [0.5, 0.6) is 5.75 Å². The number of piperazine rings is 1. The zero-order valence-electron chi connectivity index (χ0n) is 16.4. The van der Waals surface area contributed by atoms with Crippen LogP contribution >= 0.6 is 0 Å². The zero-order valence-corrected chi connectivity index (χ0v) is 17.2. The van der Waals surface area contributed by atoms with Crippen LogP contribution in [-0.2, 0) is 21.2 Å². The highest BCUT2D eigenvalue weighted by Crippen LogP contribution is 2.21. The highest BCUT2D eigenvalue weighted by Gasteiger charge is 2.30. The summed E-state index contributed by atoms with van der Waals surface area (Å²) in [5.74, 6) is 0.181. The van der Waals surface area contributed by atoms with E-state index in [-0.39, 0.29) is 23.9 Å². The van der Waals surface area contributed by atoms with E-state index in [9.17, 15) is 17.6 Å². The fourth-order valence-corrected chi connectivity index (χ4v) is 4.81. The molecule has 0 bridgehead atoms. The number of hydrogen-bond acceptors (Lipinski definition) is 4. The maximum atomic E-state index is 13.4. The number of carbonyl (C=O) groups excluding carboxylic acids is 1. The van der Waals surface area contributed by atoms with Crippen LogP contribution in [0.15, 0.2) is 53.4 Å². The molecule has 29 heavy (non-hydrogen) atoms. The van der Waals surface area contributed by atoms with Gasteiger partial charge in [0.15, 0.2) is 0 Å². The Morgan fingerprint density at radius 3 is 2.48 bits per heavy atom. The quantitative estimate of drug-likeness (QED) is 0.691. The molecule has 0 N–H and O–H groups in total. The third-order valence-corrected chi connectivity index (χ3v) is 6.80. The van der Waals surface area contributed by atoms with E-state index in [4.69, 9.17) is 4.74 Å². The van der Waals surface area contributed by atoms with Crippen molar-refractivity contribution in [1.82, 2.24) is 9.21 Å². The number of hydrogen-bond donors (Lipinski definition) is 0. The van der Waals surface area contributed by atoms with Gasteiger partial charge in [-0.2, -0.15) is 4.31 Å². The molecule has 3 rings (SSSR count). The van der Waals surface area contributed by atoms with E-state index in [1.165, 1.54) is 22.5 Å². The van der Waals surface area contributed by atoms with E-state index in [0.717, 1.165) is 17.4 Å². The first-order valence-corrected chi connectivity index (χ1v) is 11.1. The van der Waals surface area contributed by atoms with Crippen LogP contribution in [0.2, 0.25) is 0 Å². The molecule has 1 saturated heterocycles. The smallest absolute Gasteiger partial charge is 0.243 e. The number of halogens is 1. The minimum atomic E-state index is -3.76. The van der Waals surface area contributed by atoms with Gasteiger partial charge in [0.05, 0.1) is 11.5 Å². The molecule has 6 nitrogen and oxygen atoms in total. The van der Waals surface area contributed by atoms with Crippen molar-refractivity contribution in [3.05, 3.63) is 59.9 Å². The van der Waals surface area contributed by atoms with Gasteiger partial charge in [0.2, 0.25) is 15.9 Å². The minimum absolute atomic E-state index is 0.0147. The van der Waals surface area contributed by atoms with Gasteiger partial charge in [-0.25, -0.2) is 12.8 Å². The Balaban J connectivity index is 1.56. The number of nitrogens with zero attached hydrogens (tertiary/aromatic N) is 2. The molecule has 0 spiro atoms. The fraction of sp³-hybridized carbons (Fsp3) is 0.381. The summed E-state index contributed by atoms with van der Waals surface area (Å²) in [6.07, 6.45) is 0.900. The van der Waals surface area contributed by atoms with Crippen LogP contribution in [0.4, 0.5) is 4.39 Å². The van der Waals surface area contributed by atoms with Gasteiger partial charge in [-0.3, -0.25) is 4.79 Å². The number of aryl methyl sites for hydroxylation is 1. The van der Waals surface area contributed by atoms with Crippen molar-refractivity contribution in [1.29, 1.82) is 0 Å². The molecular formula is C21H25FN2O4S. The number of benzene rings is 2. The molecule has 8 heteroatoms. The molecule has 0 aromatic heterocycles. The Bertz CT molecular complexity index is 957. The molecule has 1 fully saturated rings. The average Bonchev–Trinajstić information content (AvgIpc) is 2.73. The SMILES string of the molecule is CCOc1ccccc1CCC(=O)N1CCN(S(=O)(=O)c2cccc(F)c2)CC1. The predicted octanol–water partition coefficient (Wildman–Crippen LogP) is 2.69. The highest BCUT2D eigenvalue weighted by molar-refractivity contribution is 7.89. The summed E-state index contributed by atoms with van der Waals surface area (Å²) in [5.41, 5.74) is 0.981. The van der Waals surface area contributed by atoms with Crippen LogP contribution in [0, 0.1) is 5.82 Å². The number of amides is 1. The van der Waals surface area contributed by atoms with Crippen LogP contribution in [0.3, 0.4) is 0 Å². The maximum absolute atomic E-state index is 13.4. The van der Waals surface area contributed by atoms with Crippen molar-refractivity contribution >= 4 is 15.9 Å². The molecule has 1 aliphatic rings. The normalized spacial score (nSPS) is 15.3. The molecule has 0 unspecified atom stereocenters. The van der Waals surface area contributed by atoms with Gasteiger partial charge in [0.25, 0.3) is 0 Å². The molecule has 1 heterocycles. The Hall–Kier alpha value is -2.45. The number of carbonyl (C=O) groups is 1. The summed E-state index contributed by atoms with van der Waals surface area (Å²) in [4.78, 5) is 14.2. The molecule has 156 valence electrons. The number of rotatable bonds is 7. The average molecular weight is 421 g/mol. The molecule has 1 aliphatic heterocycles. The minimum Gasteiger partial charge on any atom is -0.494 e. The van der Waals surface area contributed by atoms with Crippen LogP contribution in [-0.4, -0.2) is 56.3 Å². The summed E-state index contributed by atoms with van der Waals surface area (Å²) in [5, 5.41) is 0. The zero-order chi connectivity index (χ0) is 20.9. The number of sulfonamides is 1. The predicted molar refractivity (Wildman–Crippen MR) is 108 cm³/mol. The van der Waals surface area contributed by atoms with E-state index in [0.29, 0.717) is 32.5 Å². The second-order valence-corrected chi connectivity index (χ2v) is 8.72. The second kappa shape index (κ2) is 9.37. The largest absolute Gasteiger partial charge is 0.494 e. The van der Waals surface area contributed by atoms with Gasteiger partial charge < -0.3 is 9.64 Å². The maximum Gasteiger partial charge on any atom is 0.243 e. The third kappa shape index (κ3) is 5.13. The Kier molecular flexibility index (Phi) is 6.87. The topological polar surface area (TPSA) is 66.9 Å². The van der Waals surface area contributed by atoms with Crippen molar-refractivity contribution in [2.45, 2.75) is 24.7 Å². The summed E-state index contributed by atoms with van der Waals surface area (Å²) in [7, 11) is -3.76. The molecule has 0 saturated carbocycles. The Labute approximate surface area is 170 Å². The van der Waals surface area contributed by atoms with Crippen LogP contribution in [0.25, 0.3) is 0 Å². The fourth-order valence-electron chi connectivity index (χ4n) is 3.36. The standard InChI is InChI=1S/C21H25FN2O4S/c1-2-28-20-9-4-3-6-17(20)10-11-21(25)23-12-14-24(15-13-23)29(26,27)19-8-5-7-18(22)16-19/h3-9,16H,2,10-15H2,1H3. The van der Waals surface area contributed by atoms with Crippen LogP contribution in [0.1, 0.15) is 18.9 Å². The van der Waals surface area contributed by atoms with Crippen molar-refractivity contribution < 1.29 is 22.3 Å². The van der Waals surface area contributed by atoms with E-state index in [2.05, 4.69) is 0 Å². The molecule has 0 radical (unpaired) electrons. The molecule has 2 aromatic rings. The molecule has 0 aliphatic carbocycles. The van der Waals surface area contributed by atoms with Gasteiger partial charge in [-0.1, -0.05) is 24.3 Å². The Morgan fingerprint density at radius 1 is 1.07 bits per heavy atom. The number of para-hydroxylation sites is 1. The first kappa shape index (κ1) is 21.3. The third-order valence-electron chi connectivity index (χ3n) is 4.91. The van der Waals surface area contributed by atoms with Crippen molar-refractivity contribution in [2.24, 2.45) is 0 Å². The van der Waals surface area contributed by atoms with E-state index in [1.807, 2.05) is 31.2 Å². The summed E-state index contributed by atoms with van der Waals surface area (Å²) < 4.78 is 45.6. The highest BCUT2D eigenvalue weighted by atomic mass is 32.2. The van der Waals surface area contributed by atoms with Crippen molar-refractivity contribution in [3.8, 4) is 5.75 Å². The lowest BCUT2D eigenvalue weighted by Crippen LogP contribution is -2.50. The first-order chi connectivity index (χ1) is 13.9. The molecule has 2 aromatic carbocycles. The summed E-state index contributed by atoms with van der Waals surface area (Å²) >= 11 is 0.